The first-order valence-corrected chi connectivity index (χ1v) is 6.72. The third-order valence-electron chi connectivity index (χ3n) is 2.73. The molecule has 3 N–H and O–H groups in total. The normalized spacial score (nSPS) is 13.1. The molecule has 1 aromatic heterocycles. The van der Waals surface area contributed by atoms with Gasteiger partial charge in [0.15, 0.2) is 11.0 Å². The van der Waals surface area contributed by atoms with Crippen molar-refractivity contribution >= 4 is 23.3 Å². The highest BCUT2D eigenvalue weighted by atomic mass is 35.5. The van der Waals surface area contributed by atoms with Gasteiger partial charge in [0.25, 0.3) is 0 Å². The summed E-state index contributed by atoms with van der Waals surface area (Å²) in [5.41, 5.74) is 6.15. The van der Waals surface area contributed by atoms with Gasteiger partial charge >= 0.3 is 0 Å². The summed E-state index contributed by atoms with van der Waals surface area (Å²) in [7, 11) is 1.61. The number of hydrogen-bond donors (Lipinski definition) is 2. The highest BCUT2D eigenvalue weighted by Crippen LogP contribution is 2.24. The summed E-state index contributed by atoms with van der Waals surface area (Å²) in [6, 6.07) is 1.34. The number of rotatable bonds is 5. The summed E-state index contributed by atoms with van der Waals surface area (Å²) >= 11 is 5.99. The van der Waals surface area contributed by atoms with Crippen molar-refractivity contribution in [3.63, 3.8) is 0 Å². The number of nitrogens with zero attached hydrogens (tertiary/aromatic N) is 2. The van der Waals surface area contributed by atoms with Gasteiger partial charge in [-0.05, 0) is 12.5 Å². The van der Waals surface area contributed by atoms with Gasteiger partial charge in [0.1, 0.15) is 0 Å². The Kier molecular flexibility index (Phi) is 5.86. The van der Waals surface area contributed by atoms with Gasteiger partial charge in [0, 0.05) is 30.7 Å². The number of aromatic nitrogens is 2. The number of nitrogens with one attached hydrogen (secondary N) is 1. The van der Waals surface area contributed by atoms with E-state index in [0.717, 1.165) is 0 Å². The van der Waals surface area contributed by atoms with Crippen LogP contribution in [-0.2, 0) is 9.53 Å². The van der Waals surface area contributed by atoms with Crippen molar-refractivity contribution in [3.8, 4) is 0 Å². The molecule has 0 spiro atoms. The molecule has 0 unspecified atom stereocenters. The van der Waals surface area contributed by atoms with Crippen LogP contribution in [0.25, 0.3) is 0 Å². The Hall–Kier alpha value is -1.24. The molecular formula is C13H21ClN4O2. The highest BCUT2D eigenvalue weighted by Gasteiger charge is 2.22. The lowest BCUT2D eigenvalue weighted by atomic mass is 9.96. The molecule has 1 aromatic rings. The lowest BCUT2D eigenvalue weighted by molar-refractivity contribution is -0.123. The molecule has 1 amide bonds. The Bertz CT molecular complexity index is 474. The largest absolute Gasteiger partial charge is 0.385 e. The molecule has 0 saturated carbocycles. The highest BCUT2D eigenvalue weighted by molar-refractivity contribution is 6.30. The molecule has 0 aliphatic heterocycles. The zero-order valence-corrected chi connectivity index (χ0v) is 13.0. The van der Waals surface area contributed by atoms with E-state index in [1.165, 1.54) is 0 Å². The summed E-state index contributed by atoms with van der Waals surface area (Å²) in [6.45, 7) is 5.97. The molecule has 112 valence electrons. The van der Waals surface area contributed by atoms with Crippen LogP contribution in [0.4, 0.5) is 5.82 Å². The van der Waals surface area contributed by atoms with Gasteiger partial charge in [-0.15, -0.1) is 10.2 Å². The quantitative estimate of drug-likeness (QED) is 0.869. The Morgan fingerprint density at radius 1 is 1.50 bits per heavy atom. The first-order valence-electron chi connectivity index (χ1n) is 6.34. The maximum Gasteiger partial charge on any atom is 0.230 e. The van der Waals surface area contributed by atoms with Crippen LogP contribution in [0.2, 0.25) is 5.15 Å². The van der Waals surface area contributed by atoms with Crippen molar-refractivity contribution in [3.05, 3.63) is 16.8 Å². The zero-order chi connectivity index (χ0) is 15.3. The van der Waals surface area contributed by atoms with Crippen molar-refractivity contribution in [2.24, 2.45) is 11.1 Å². The van der Waals surface area contributed by atoms with E-state index >= 15 is 0 Å². The monoisotopic (exact) mass is 300 g/mol. The minimum atomic E-state index is -0.514. The van der Waals surface area contributed by atoms with Crippen molar-refractivity contribution in [2.75, 3.05) is 19.0 Å². The molecule has 20 heavy (non-hydrogen) atoms. The molecule has 0 aliphatic rings. The standard InChI is InChI=1S/C13H21ClN4O2/c1-13(2,3)12(19)16-10-7-8(11(14)18-17-10)9(15)5-6-20-4/h7,9H,5-6,15H2,1-4H3,(H,16,17,19)/t9-/m1/s1. The SMILES string of the molecule is COCC[C@@H](N)c1cc(NC(=O)C(C)(C)C)nnc1Cl. The number of methoxy groups -OCH3 is 1. The van der Waals surface area contributed by atoms with Gasteiger partial charge in [0.05, 0.1) is 0 Å². The van der Waals surface area contributed by atoms with Gasteiger partial charge in [-0.25, -0.2) is 0 Å². The first-order chi connectivity index (χ1) is 9.25. The van der Waals surface area contributed by atoms with Crippen LogP contribution in [0.3, 0.4) is 0 Å². The summed E-state index contributed by atoms with van der Waals surface area (Å²) in [5, 5.41) is 10.6. The third kappa shape index (κ3) is 4.70. The maximum atomic E-state index is 11.9. The minimum Gasteiger partial charge on any atom is -0.385 e. The van der Waals surface area contributed by atoms with E-state index in [4.69, 9.17) is 22.1 Å². The summed E-state index contributed by atoms with van der Waals surface area (Å²) in [6.07, 6.45) is 0.606. The predicted octanol–water partition coefficient (Wildman–Crippen LogP) is 2.15. The fourth-order valence-corrected chi connectivity index (χ4v) is 1.65. The smallest absolute Gasteiger partial charge is 0.230 e. The Balaban J connectivity index is 2.88. The van der Waals surface area contributed by atoms with Crippen LogP contribution in [0, 0.1) is 5.41 Å². The topological polar surface area (TPSA) is 90.1 Å². The number of carbonyl (C=O) groups is 1. The second-order valence-electron chi connectivity index (χ2n) is 5.57. The van der Waals surface area contributed by atoms with Crippen molar-refractivity contribution < 1.29 is 9.53 Å². The summed E-state index contributed by atoms with van der Waals surface area (Å²) in [5.74, 6) is 0.197. The molecule has 0 bridgehead atoms. The Morgan fingerprint density at radius 2 is 2.15 bits per heavy atom. The van der Waals surface area contributed by atoms with Crippen LogP contribution in [0.1, 0.15) is 38.8 Å². The van der Waals surface area contributed by atoms with E-state index in [1.807, 2.05) is 20.8 Å². The number of hydrogen-bond acceptors (Lipinski definition) is 5. The van der Waals surface area contributed by atoms with Crippen LogP contribution in [0.15, 0.2) is 6.07 Å². The van der Waals surface area contributed by atoms with E-state index in [0.29, 0.717) is 24.4 Å². The van der Waals surface area contributed by atoms with E-state index in [-0.39, 0.29) is 17.1 Å². The molecule has 0 aromatic carbocycles. The lowest BCUT2D eigenvalue weighted by Gasteiger charge is -2.18. The Labute approximate surface area is 124 Å². The van der Waals surface area contributed by atoms with Gasteiger partial charge in [0.2, 0.25) is 5.91 Å². The van der Waals surface area contributed by atoms with E-state index < -0.39 is 5.41 Å². The summed E-state index contributed by atoms with van der Waals surface area (Å²) in [4.78, 5) is 11.9. The minimum absolute atomic E-state index is 0.148. The number of amides is 1. The van der Waals surface area contributed by atoms with Crippen LogP contribution in [-0.4, -0.2) is 29.8 Å². The molecule has 1 heterocycles. The van der Waals surface area contributed by atoms with Gasteiger partial charge < -0.3 is 15.8 Å². The molecule has 0 fully saturated rings. The molecule has 6 nitrogen and oxygen atoms in total. The zero-order valence-electron chi connectivity index (χ0n) is 12.2. The van der Waals surface area contributed by atoms with E-state index in [2.05, 4.69) is 15.5 Å². The van der Waals surface area contributed by atoms with Crippen molar-refractivity contribution in [2.45, 2.75) is 33.2 Å². The van der Waals surface area contributed by atoms with Crippen LogP contribution < -0.4 is 11.1 Å². The van der Waals surface area contributed by atoms with Crippen molar-refractivity contribution in [1.29, 1.82) is 0 Å². The molecule has 7 heteroatoms. The molecule has 1 atom stereocenters. The fourth-order valence-electron chi connectivity index (χ4n) is 1.42. The number of nitrogens with two attached hydrogens (primary N) is 1. The third-order valence-corrected chi connectivity index (χ3v) is 3.03. The second-order valence-corrected chi connectivity index (χ2v) is 5.93. The predicted molar refractivity (Wildman–Crippen MR) is 78.5 cm³/mol. The lowest BCUT2D eigenvalue weighted by Crippen LogP contribution is -2.28. The first kappa shape index (κ1) is 16.8. The number of ether oxygens (including phenoxy) is 1. The van der Waals surface area contributed by atoms with Gasteiger partial charge in [-0.2, -0.15) is 0 Å². The average Bonchev–Trinajstić information content (AvgIpc) is 2.37. The number of halogens is 1. The fraction of sp³-hybridized carbons (Fsp3) is 0.615. The molecule has 0 aliphatic carbocycles. The van der Waals surface area contributed by atoms with Crippen LogP contribution >= 0.6 is 11.6 Å². The van der Waals surface area contributed by atoms with Crippen molar-refractivity contribution in [1.82, 2.24) is 10.2 Å². The number of anilines is 1. The second kappa shape index (κ2) is 6.97. The molecular weight excluding hydrogens is 280 g/mol. The molecule has 0 saturated heterocycles. The summed E-state index contributed by atoms with van der Waals surface area (Å²) < 4.78 is 4.98. The maximum absolute atomic E-state index is 11.9. The number of carbonyl (C=O) groups excluding carboxylic acids is 1. The van der Waals surface area contributed by atoms with Gasteiger partial charge in [-0.3, -0.25) is 4.79 Å². The van der Waals surface area contributed by atoms with E-state index in [9.17, 15) is 4.79 Å². The van der Waals surface area contributed by atoms with Gasteiger partial charge in [-0.1, -0.05) is 32.4 Å². The van der Waals surface area contributed by atoms with E-state index in [1.54, 1.807) is 13.2 Å². The van der Waals surface area contributed by atoms with Crippen LogP contribution in [0.5, 0.6) is 0 Å². The Morgan fingerprint density at radius 3 is 2.70 bits per heavy atom. The molecule has 0 radical (unpaired) electrons. The molecule has 1 rings (SSSR count). The average molecular weight is 301 g/mol.